The first kappa shape index (κ1) is 35.3. The summed E-state index contributed by atoms with van der Waals surface area (Å²) in [7, 11) is 3.20. The van der Waals surface area contributed by atoms with Crippen LogP contribution in [-0.4, -0.2) is 42.6 Å². The molecule has 0 spiro atoms. The van der Waals surface area contributed by atoms with Gasteiger partial charge in [0.25, 0.3) is 5.56 Å². The number of H-pyrrole nitrogens is 1. The third-order valence-corrected chi connectivity index (χ3v) is 9.94. The van der Waals surface area contributed by atoms with E-state index >= 15 is 0 Å². The van der Waals surface area contributed by atoms with E-state index in [1.54, 1.807) is 51.5 Å². The highest BCUT2D eigenvalue weighted by molar-refractivity contribution is 8.06. The largest absolute Gasteiger partial charge is 0.770 e. The number of ether oxygens (including phenoxy) is 4. The third kappa shape index (κ3) is 7.61. The molecule has 1 N–H and O–H groups in total. The van der Waals surface area contributed by atoms with Gasteiger partial charge in [-0.1, -0.05) is 72.8 Å². The second-order valence-electron chi connectivity index (χ2n) is 11.7. The number of hydrogen-bond donors (Lipinski definition) is 1. The van der Waals surface area contributed by atoms with E-state index in [9.17, 15) is 14.5 Å². The number of aromatic amines is 1. The molecule has 0 amide bonds. The van der Waals surface area contributed by atoms with Crippen molar-refractivity contribution in [3.05, 3.63) is 158 Å². The van der Waals surface area contributed by atoms with Gasteiger partial charge in [0.05, 0.1) is 26.9 Å². The molecule has 13 heteroatoms. The van der Waals surface area contributed by atoms with Crippen LogP contribution in [0.15, 0.2) is 125 Å². The Morgan fingerprint density at radius 2 is 1.38 bits per heavy atom. The summed E-state index contributed by atoms with van der Waals surface area (Å²) in [4.78, 5) is 41.0. The molecule has 1 unspecified atom stereocenters. The van der Waals surface area contributed by atoms with Crippen LogP contribution in [0, 0.1) is 6.92 Å². The molecule has 1 fully saturated rings. The Labute approximate surface area is 294 Å². The fourth-order valence-electron chi connectivity index (χ4n) is 6.01. The van der Waals surface area contributed by atoms with Crippen molar-refractivity contribution in [1.82, 2.24) is 9.55 Å². The third-order valence-electron chi connectivity index (χ3n) is 8.50. The topological polar surface area (TPSA) is 133 Å². The van der Waals surface area contributed by atoms with Gasteiger partial charge in [0.2, 0.25) is 0 Å². The Morgan fingerprint density at radius 3 is 1.94 bits per heavy atom. The van der Waals surface area contributed by atoms with Crippen LogP contribution in [0.2, 0.25) is 0 Å². The predicted molar refractivity (Wildman–Crippen MR) is 189 cm³/mol. The van der Waals surface area contributed by atoms with Crippen LogP contribution in [0.1, 0.15) is 34.9 Å². The van der Waals surface area contributed by atoms with Crippen molar-refractivity contribution in [3.8, 4) is 17.2 Å². The van der Waals surface area contributed by atoms with Crippen LogP contribution < -0.4 is 30.1 Å². The fourth-order valence-corrected chi connectivity index (χ4v) is 7.58. The molecular formula is C37H36N2O9PS-. The predicted octanol–water partition coefficient (Wildman–Crippen LogP) is 5.21. The Bertz CT molecular complexity index is 2010. The molecule has 0 bridgehead atoms. The molecule has 0 radical (unpaired) electrons. The minimum absolute atomic E-state index is 0.0571. The number of benzene rings is 4. The summed E-state index contributed by atoms with van der Waals surface area (Å²) in [5, 5.41) is 0. The standard InChI is InChI=1S/C37H37N2O9PS/c1-25-23-39(36(41)38-35(25)40)34-22-32(48-49(42,50)47-31-12-8-5-9-13-31)33(46-34)24-45-37(26-10-6-4-7-11-26,27-14-18-29(43-2)19-15-27)28-16-20-30(44-3)21-17-28/h4-21,23,32-34H,22,24H2,1-3H3,(H,42,50)(H,38,40,41)/p-1/t32-,33+,34+,49?/m0/s1. The van der Waals surface area contributed by atoms with Gasteiger partial charge in [0, 0.05) is 18.2 Å². The summed E-state index contributed by atoms with van der Waals surface area (Å²) in [5.74, 6) is 1.62. The van der Waals surface area contributed by atoms with E-state index in [1.807, 2.05) is 78.9 Å². The van der Waals surface area contributed by atoms with Crippen molar-refractivity contribution >= 4 is 18.5 Å². The van der Waals surface area contributed by atoms with E-state index in [0.29, 0.717) is 17.1 Å². The Morgan fingerprint density at radius 1 is 0.840 bits per heavy atom. The van der Waals surface area contributed by atoms with E-state index in [1.165, 1.54) is 10.8 Å². The number of methoxy groups -OCH3 is 2. The average Bonchev–Trinajstić information content (AvgIpc) is 3.52. The van der Waals surface area contributed by atoms with Crippen LogP contribution in [0.3, 0.4) is 0 Å². The van der Waals surface area contributed by atoms with E-state index in [2.05, 4.69) is 4.98 Å². The zero-order valence-electron chi connectivity index (χ0n) is 27.6. The highest BCUT2D eigenvalue weighted by atomic mass is 32.5. The average molecular weight is 716 g/mol. The summed E-state index contributed by atoms with van der Waals surface area (Å²) >= 11 is 5.34. The number of aryl methyl sites for hydroxylation is 1. The quantitative estimate of drug-likeness (QED) is 0.128. The Hall–Kier alpha value is -4.55. The molecule has 6 rings (SSSR count). The summed E-state index contributed by atoms with van der Waals surface area (Å²) in [6.45, 7) is -2.65. The number of aromatic nitrogens is 2. The smallest absolute Gasteiger partial charge is 0.330 e. The molecular weight excluding hydrogens is 679 g/mol. The van der Waals surface area contributed by atoms with E-state index in [0.717, 1.165) is 16.7 Å². The number of hydrogen-bond acceptors (Lipinski definition) is 10. The molecule has 11 nitrogen and oxygen atoms in total. The highest BCUT2D eigenvalue weighted by Gasteiger charge is 2.44. The summed E-state index contributed by atoms with van der Waals surface area (Å²) in [6.07, 6.45) is -1.26. The van der Waals surface area contributed by atoms with E-state index in [-0.39, 0.29) is 18.8 Å². The van der Waals surface area contributed by atoms with E-state index < -0.39 is 42.0 Å². The zero-order valence-corrected chi connectivity index (χ0v) is 29.3. The second-order valence-corrected chi connectivity index (χ2v) is 14.3. The molecule has 5 aromatic rings. The number of rotatable bonds is 13. The second kappa shape index (κ2) is 15.1. The highest BCUT2D eigenvalue weighted by Crippen LogP contribution is 2.47. The first-order chi connectivity index (χ1) is 24.1. The lowest BCUT2D eigenvalue weighted by molar-refractivity contribution is -0.205. The maximum atomic E-state index is 13.6. The number of nitrogens with one attached hydrogen (secondary N) is 1. The summed E-state index contributed by atoms with van der Waals surface area (Å²) in [6, 6.07) is 33.3. The monoisotopic (exact) mass is 715 g/mol. The van der Waals surface area contributed by atoms with Crippen LogP contribution >= 0.6 is 6.72 Å². The van der Waals surface area contributed by atoms with Crippen molar-refractivity contribution in [3.63, 3.8) is 0 Å². The van der Waals surface area contributed by atoms with Crippen LogP contribution in [0.5, 0.6) is 17.2 Å². The molecule has 2 heterocycles. The van der Waals surface area contributed by atoms with Gasteiger partial charge in [-0.3, -0.25) is 14.3 Å². The summed E-state index contributed by atoms with van der Waals surface area (Å²) < 4.78 is 37.3. The SMILES string of the molecule is COc1ccc(C(OC[C@H]2O[C@@H](n3cc(C)c(=O)[nH]c3=O)C[C@@H]2OP([O-])(=S)Oc2ccccc2)(c2ccccc2)c2ccc(OC)cc2)cc1. The van der Waals surface area contributed by atoms with Gasteiger partial charge in [-0.15, -0.1) is 0 Å². The van der Waals surface area contributed by atoms with Crippen molar-refractivity contribution in [1.29, 1.82) is 0 Å². The fraction of sp³-hybridized carbons (Fsp3) is 0.243. The van der Waals surface area contributed by atoms with Gasteiger partial charge in [0.1, 0.15) is 35.2 Å². The Kier molecular flexibility index (Phi) is 10.7. The molecule has 50 heavy (non-hydrogen) atoms. The van der Waals surface area contributed by atoms with Crippen LogP contribution in [-0.2, 0) is 31.4 Å². The molecule has 0 saturated carbocycles. The molecule has 1 aliphatic rings. The minimum atomic E-state index is -4.13. The first-order valence-corrected chi connectivity index (χ1v) is 18.4. The molecule has 4 atom stereocenters. The molecule has 1 aliphatic heterocycles. The van der Waals surface area contributed by atoms with Gasteiger partial charge in [-0.25, -0.2) is 4.79 Å². The van der Waals surface area contributed by atoms with Crippen molar-refractivity contribution in [2.75, 3.05) is 20.8 Å². The maximum Gasteiger partial charge on any atom is 0.330 e. The van der Waals surface area contributed by atoms with Gasteiger partial charge in [-0.2, -0.15) is 0 Å². The van der Waals surface area contributed by atoms with Crippen LogP contribution in [0.4, 0.5) is 0 Å². The number of para-hydroxylation sites is 1. The lowest BCUT2D eigenvalue weighted by Gasteiger charge is -2.38. The van der Waals surface area contributed by atoms with Crippen molar-refractivity contribution in [2.24, 2.45) is 0 Å². The number of nitrogens with zero attached hydrogens (tertiary/aromatic N) is 1. The lowest BCUT2D eigenvalue weighted by atomic mass is 9.80. The normalized spacial score (nSPS) is 18.7. The first-order valence-electron chi connectivity index (χ1n) is 15.8. The molecule has 0 aliphatic carbocycles. The minimum Gasteiger partial charge on any atom is -0.770 e. The zero-order chi connectivity index (χ0) is 35.3. The maximum absolute atomic E-state index is 13.6. The Balaban J connectivity index is 1.41. The molecule has 1 aromatic heterocycles. The lowest BCUT2D eigenvalue weighted by Crippen LogP contribution is -2.39. The van der Waals surface area contributed by atoms with Gasteiger partial charge in [0.15, 0.2) is 6.72 Å². The van der Waals surface area contributed by atoms with Crippen LogP contribution in [0.25, 0.3) is 0 Å². The molecule has 260 valence electrons. The van der Waals surface area contributed by atoms with Crippen molar-refractivity contribution < 1.29 is 32.9 Å². The van der Waals surface area contributed by atoms with Gasteiger partial charge in [-0.05, 0) is 71.8 Å². The van der Waals surface area contributed by atoms with Gasteiger partial charge >= 0.3 is 5.69 Å². The summed E-state index contributed by atoms with van der Waals surface area (Å²) in [5.41, 5.74) is 0.337. The molecule has 1 saturated heterocycles. The van der Waals surface area contributed by atoms with E-state index in [4.69, 9.17) is 39.8 Å². The molecule has 4 aromatic carbocycles. The van der Waals surface area contributed by atoms with Crippen molar-refractivity contribution in [2.45, 2.75) is 37.4 Å². The van der Waals surface area contributed by atoms with Gasteiger partial charge < -0.3 is 32.9 Å².